The van der Waals surface area contributed by atoms with Crippen LogP contribution in [0.25, 0.3) is 11.3 Å². The zero-order valence-corrected chi connectivity index (χ0v) is 16.5. The average Bonchev–Trinajstić information content (AvgIpc) is 3.14. The Balaban J connectivity index is 1.45. The summed E-state index contributed by atoms with van der Waals surface area (Å²) in [5, 5.41) is 5.29. The van der Waals surface area contributed by atoms with E-state index < -0.39 is 18.5 Å². The Hall–Kier alpha value is -2.90. The van der Waals surface area contributed by atoms with Crippen LogP contribution >= 0.6 is 22.9 Å². The van der Waals surface area contributed by atoms with Gasteiger partial charge in [0, 0.05) is 10.9 Å². The number of amides is 1. The summed E-state index contributed by atoms with van der Waals surface area (Å²) in [6.45, 7) is 1.24. The van der Waals surface area contributed by atoms with E-state index in [1.807, 2.05) is 36.6 Å². The number of thiazole rings is 1. The van der Waals surface area contributed by atoms with Crippen molar-refractivity contribution in [2.45, 2.75) is 6.92 Å². The Morgan fingerprint density at radius 1 is 1.11 bits per heavy atom. The molecule has 0 aliphatic carbocycles. The molecule has 0 spiro atoms. The van der Waals surface area contributed by atoms with Crippen molar-refractivity contribution < 1.29 is 19.1 Å². The van der Waals surface area contributed by atoms with Crippen molar-refractivity contribution in [1.29, 1.82) is 0 Å². The third-order valence-corrected chi connectivity index (χ3v) is 4.71. The lowest BCUT2D eigenvalue weighted by molar-refractivity contribution is -0.149. The van der Waals surface area contributed by atoms with Crippen molar-refractivity contribution >= 4 is 39.9 Å². The number of nitrogens with one attached hydrogen (secondary N) is 1. The lowest BCUT2D eigenvalue weighted by atomic mass is 10.1. The second-order valence-corrected chi connectivity index (χ2v) is 7.10. The van der Waals surface area contributed by atoms with E-state index in [4.69, 9.17) is 21.1 Å². The third kappa shape index (κ3) is 5.55. The van der Waals surface area contributed by atoms with E-state index >= 15 is 0 Å². The number of ether oxygens (including phenoxy) is 2. The number of rotatable bonds is 7. The van der Waals surface area contributed by atoms with Gasteiger partial charge in [-0.1, -0.05) is 53.6 Å². The smallest absolute Gasteiger partial charge is 0.344 e. The average molecular weight is 417 g/mol. The van der Waals surface area contributed by atoms with Gasteiger partial charge in [-0.3, -0.25) is 10.1 Å². The van der Waals surface area contributed by atoms with E-state index in [2.05, 4.69) is 10.3 Å². The normalized spacial score (nSPS) is 10.4. The third-order valence-electron chi connectivity index (χ3n) is 3.64. The van der Waals surface area contributed by atoms with E-state index in [9.17, 15) is 9.59 Å². The summed E-state index contributed by atoms with van der Waals surface area (Å²) in [6, 6.07) is 14.7. The van der Waals surface area contributed by atoms with Gasteiger partial charge in [0.05, 0.1) is 10.7 Å². The van der Waals surface area contributed by atoms with Crippen LogP contribution in [0.5, 0.6) is 5.75 Å². The Bertz CT molecular complexity index is 972. The minimum atomic E-state index is -0.672. The van der Waals surface area contributed by atoms with Crippen molar-refractivity contribution in [2.75, 3.05) is 18.5 Å². The Morgan fingerprint density at radius 2 is 1.86 bits per heavy atom. The van der Waals surface area contributed by atoms with E-state index in [-0.39, 0.29) is 6.61 Å². The number of carbonyl (C=O) groups is 2. The quantitative estimate of drug-likeness (QED) is 0.580. The van der Waals surface area contributed by atoms with Crippen LogP contribution in [0.4, 0.5) is 5.13 Å². The van der Waals surface area contributed by atoms with Gasteiger partial charge in [-0.15, -0.1) is 11.3 Å². The molecule has 0 saturated heterocycles. The second kappa shape index (κ2) is 9.34. The molecule has 3 aromatic rings. The van der Waals surface area contributed by atoms with Gasteiger partial charge in [-0.05, 0) is 19.1 Å². The fourth-order valence-electron chi connectivity index (χ4n) is 2.23. The molecule has 0 saturated carbocycles. The number of hydrogen-bond donors (Lipinski definition) is 1. The van der Waals surface area contributed by atoms with Crippen molar-refractivity contribution in [3.8, 4) is 17.0 Å². The number of anilines is 1. The molecule has 28 heavy (non-hydrogen) atoms. The minimum absolute atomic E-state index is 0.341. The first-order valence-corrected chi connectivity index (χ1v) is 9.62. The molecular weight excluding hydrogens is 400 g/mol. The highest BCUT2D eigenvalue weighted by Gasteiger charge is 2.12. The van der Waals surface area contributed by atoms with Crippen LogP contribution in [0.3, 0.4) is 0 Å². The maximum absolute atomic E-state index is 12.0. The number of halogens is 1. The number of nitrogens with zero attached hydrogens (tertiary/aromatic N) is 1. The minimum Gasteiger partial charge on any atom is -0.480 e. The molecule has 1 N–H and O–H groups in total. The fourth-order valence-corrected chi connectivity index (χ4v) is 3.16. The van der Waals surface area contributed by atoms with Gasteiger partial charge >= 0.3 is 5.97 Å². The zero-order chi connectivity index (χ0) is 19.9. The number of benzene rings is 2. The molecule has 3 rings (SSSR count). The molecule has 0 unspecified atom stereocenters. The Morgan fingerprint density at radius 3 is 2.61 bits per heavy atom. The largest absolute Gasteiger partial charge is 0.480 e. The predicted octanol–water partition coefficient (Wildman–Crippen LogP) is 4.33. The first-order valence-electron chi connectivity index (χ1n) is 8.36. The van der Waals surface area contributed by atoms with Gasteiger partial charge in [-0.25, -0.2) is 9.78 Å². The summed E-state index contributed by atoms with van der Waals surface area (Å²) in [4.78, 5) is 28.0. The van der Waals surface area contributed by atoms with Crippen LogP contribution in [-0.2, 0) is 14.3 Å². The molecule has 0 radical (unpaired) electrons. The summed E-state index contributed by atoms with van der Waals surface area (Å²) < 4.78 is 10.2. The van der Waals surface area contributed by atoms with Crippen LogP contribution in [0.1, 0.15) is 5.56 Å². The molecule has 2 aromatic carbocycles. The molecule has 0 atom stereocenters. The van der Waals surface area contributed by atoms with Crippen LogP contribution in [-0.4, -0.2) is 30.1 Å². The van der Waals surface area contributed by atoms with E-state index in [0.717, 1.165) is 16.8 Å². The van der Waals surface area contributed by atoms with Crippen LogP contribution in [0.2, 0.25) is 5.02 Å². The fraction of sp³-hybridized carbons (Fsp3) is 0.150. The SMILES string of the molecule is Cc1ccc(-c2csc(NC(=O)COC(=O)COc3ccccc3Cl)n2)cc1. The summed E-state index contributed by atoms with van der Waals surface area (Å²) >= 11 is 7.23. The molecule has 1 aromatic heterocycles. The standard InChI is InChI=1S/C20H17ClN2O4S/c1-13-6-8-14(9-7-13)16-12-28-20(22-16)23-18(24)10-27-19(25)11-26-17-5-3-2-4-15(17)21/h2-9,12H,10-11H2,1H3,(H,22,23,24). The summed E-state index contributed by atoms with van der Waals surface area (Å²) in [5.41, 5.74) is 2.89. The summed E-state index contributed by atoms with van der Waals surface area (Å²) in [5.74, 6) is -0.776. The lowest BCUT2D eigenvalue weighted by Crippen LogP contribution is -2.23. The number of aryl methyl sites for hydroxylation is 1. The van der Waals surface area contributed by atoms with Gasteiger partial charge in [0.25, 0.3) is 5.91 Å². The van der Waals surface area contributed by atoms with Crippen molar-refractivity contribution in [3.05, 3.63) is 64.5 Å². The monoisotopic (exact) mass is 416 g/mol. The lowest BCUT2D eigenvalue weighted by Gasteiger charge is -2.08. The highest BCUT2D eigenvalue weighted by atomic mass is 35.5. The molecule has 0 fully saturated rings. The Kier molecular flexibility index (Phi) is 6.62. The first-order chi connectivity index (χ1) is 13.5. The van der Waals surface area contributed by atoms with Crippen LogP contribution in [0.15, 0.2) is 53.9 Å². The van der Waals surface area contributed by atoms with Crippen molar-refractivity contribution in [1.82, 2.24) is 4.98 Å². The van der Waals surface area contributed by atoms with Gasteiger partial charge in [0.2, 0.25) is 0 Å². The molecule has 0 aliphatic rings. The van der Waals surface area contributed by atoms with E-state index in [0.29, 0.717) is 15.9 Å². The number of carbonyl (C=O) groups excluding carboxylic acids is 2. The topological polar surface area (TPSA) is 77.5 Å². The predicted molar refractivity (Wildman–Crippen MR) is 109 cm³/mol. The first kappa shape index (κ1) is 19.9. The summed E-state index contributed by atoms with van der Waals surface area (Å²) in [7, 11) is 0. The maximum atomic E-state index is 12.0. The van der Waals surface area contributed by atoms with E-state index in [1.165, 1.54) is 11.3 Å². The van der Waals surface area contributed by atoms with Crippen LogP contribution in [0, 0.1) is 6.92 Å². The zero-order valence-electron chi connectivity index (χ0n) is 15.0. The van der Waals surface area contributed by atoms with Gasteiger partial charge < -0.3 is 9.47 Å². The molecule has 144 valence electrons. The Labute approximate surface area is 171 Å². The molecule has 8 heteroatoms. The molecule has 1 amide bonds. The second-order valence-electron chi connectivity index (χ2n) is 5.83. The van der Waals surface area contributed by atoms with Gasteiger partial charge in [0.15, 0.2) is 18.3 Å². The number of hydrogen-bond acceptors (Lipinski definition) is 6. The van der Waals surface area contributed by atoms with Crippen molar-refractivity contribution in [3.63, 3.8) is 0 Å². The number of para-hydroxylation sites is 1. The van der Waals surface area contributed by atoms with Crippen molar-refractivity contribution in [2.24, 2.45) is 0 Å². The molecule has 0 aliphatic heterocycles. The maximum Gasteiger partial charge on any atom is 0.344 e. The van der Waals surface area contributed by atoms with E-state index in [1.54, 1.807) is 24.3 Å². The van der Waals surface area contributed by atoms with Gasteiger partial charge in [-0.2, -0.15) is 0 Å². The molecule has 6 nitrogen and oxygen atoms in total. The summed E-state index contributed by atoms with van der Waals surface area (Å²) in [6.07, 6.45) is 0. The van der Waals surface area contributed by atoms with Crippen LogP contribution < -0.4 is 10.1 Å². The number of aromatic nitrogens is 1. The highest BCUT2D eigenvalue weighted by molar-refractivity contribution is 7.14. The molecule has 1 heterocycles. The molecule has 0 bridgehead atoms. The highest BCUT2D eigenvalue weighted by Crippen LogP contribution is 2.25. The van der Waals surface area contributed by atoms with Gasteiger partial charge in [0.1, 0.15) is 5.75 Å². The number of esters is 1. The molecular formula is C20H17ClN2O4S.